The first-order chi connectivity index (χ1) is 11.5. The highest BCUT2D eigenvalue weighted by atomic mass is 32.2. The minimum absolute atomic E-state index is 0.0690. The van der Waals surface area contributed by atoms with Gasteiger partial charge in [-0.2, -0.15) is 5.10 Å². The topological polar surface area (TPSA) is 74.1 Å². The second-order valence-corrected chi connectivity index (χ2v) is 8.93. The lowest BCUT2D eigenvalue weighted by Crippen LogP contribution is -2.17. The van der Waals surface area contributed by atoms with Gasteiger partial charge in [0.1, 0.15) is 11.6 Å². The van der Waals surface area contributed by atoms with Crippen molar-refractivity contribution in [1.82, 2.24) is 14.8 Å². The predicted molar refractivity (Wildman–Crippen MR) is 89.6 cm³/mol. The van der Waals surface area contributed by atoms with E-state index < -0.39 is 9.84 Å². The zero-order valence-electron chi connectivity index (χ0n) is 13.7. The van der Waals surface area contributed by atoms with E-state index in [1.807, 2.05) is 16.8 Å². The molecule has 0 unspecified atom stereocenters. The fraction of sp³-hybridized carbons (Fsp3) is 0.529. The molecule has 2 aliphatic rings. The number of rotatable bonds is 4. The van der Waals surface area contributed by atoms with E-state index in [0.29, 0.717) is 12.4 Å². The molecule has 1 saturated heterocycles. The van der Waals surface area contributed by atoms with Crippen LogP contribution in [0.4, 0.5) is 0 Å². The van der Waals surface area contributed by atoms with Gasteiger partial charge in [0.2, 0.25) is 0 Å². The Morgan fingerprint density at radius 2 is 1.96 bits per heavy atom. The fourth-order valence-electron chi connectivity index (χ4n) is 3.62. The van der Waals surface area contributed by atoms with Crippen molar-refractivity contribution >= 4 is 9.84 Å². The summed E-state index contributed by atoms with van der Waals surface area (Å²) in [5.41, 5.74) is 2.63. The van der Waals surface area contributed by atoms with Crippen LogP contribution in [0.25, 0.3) is 0 Å². The van der Waals surface area contributed by atoms with E-state index in [9.17, 15) is 8.42 Å². The quantitative estimate of drug-likeness (QED) is 0.841. The number of nitrogens with zero attached hydrogens (tertiary/aromatic N) is 3. The van der Waals surface area contributed by atoms with Crippen LogP contribution >= 0.6 is 0 Å². The third-order valence-corrected chi connectivity index (χ3v) is 5.56. The number of hydrogen-bond acceptors (Lipinski definition) is 5. The van der Waals surface area contributed by atoms with E-state index in [-0.39, 0.29) is 17.7 Å². The van der Waals surface area contributed by atoms with E-state index in [1.165, 1.54) is 17.4 Å². The highest BCUT2D eigenvalue weighted by molar-refractivity contribution is 7.89. The molecule has 0 saturated carbocycles. The van der Waals surface area contributed by atoms with Gasteiger partial charge in [-0.05, 0) is 30.4 Å². The van der Waals surface area contributed by atoms with Crippen LogP contribution in [0.3, 0.4) is 0 Å². The summed E-state index contributed by atoms with van der Waals surface area (Å²) >= 11 is 0. The zero-order chi connectivity index (χ0) is 16.7. The number of benzene rings is 1. The van der Waals surface area contributed by atoms with E-state index in [2.05, 4.69) is 17.1 Å². The average molecular weight is 347 g/mol. The summed E-state index contributed by atoms with van der Waals surface area (Å²) in [5.74, 6) is 1.38. The molecule has 4 rings (SSSR count). The molecule has 1 aliphatic heterocycles. The average Bonchev–Trinajstić information content (AvgIpc) is 3.24. The van der Waals surface area contributed by atoms with Gasteiger partial charge in [0.15, 0.2) is 15.7 Å². The summed E-state index contributed by atoms with van der Waals surface area (Å²) in [4.78, 5) is 4.58. The van der Waals surface area contributed by atoms with Crippen molar-refractivity contribution < 1.29 is 13.2 Å². The molecule has 7 heteroatoms. The summed E-state index contributed by atoms with van der Waals surface area (Å²) in [6, 6.07) is 8.49. The molecule has 0 bridgehead atoms. The molecular weight excluding hydrogens is 326 g/mol. The van der Waals surface area contributed by atoms with Crippen molar-refractivity contribution in [2.45, 2.75) is 37.0 Å². The third-order valence-electron chi connectivity index (χ3n) is 4.78. The van der Waals surface area contributed by atoms with Crippen molar-refractivity contribution in [2.75, 3.05) is 19.5 Å². The Bertz CT molecular complexity index is 829. The Kier molecular flexibility index (Phi) is 3.92. The van der Waals surface area contributed by atoms with Gasteiger partial charge >= 0.3 is 0 Å². The van der Waals surface area contributed by atoms with Crippen molar-refractivity contribution in [1.29, 1.82) is 0 Å². The van der Waals surface area contributed by atoms with Gasteiger partial charge in [-0.3, -0.25) is 0 Å². The fourth-order valence-corrected chi connectivity index (χ4v) is 4.28. The monoisotopic (exact) mass is 347 g/mol. The van der Waals surface area contributed by atoms with Gasteiger partial charge < -0.3 is 4.74 Å². The summed E-state index contributed by atoms with van der Waals surface area (Å²) in [6.45, 7) is 1.34. The van der Waals surface area contributed by atoms with Crippen LogP contribution in [0.1, 0.15) is 41.2 Å². The third kappa shape index (κ3) is 3.10. The maximum atomic E-state index is 11.8. The van der Waals surface area contributed by atoms with Crippen LogP contribution in [0.2, 0.25) is 0 Å². The Morgan fingerprint density at radius 1 is 1.25 bits per heavy atom. The molecule has 0 N–H and O–H groups in total. The second-order valence-electron chi connectivity index (χ2n) is 6.79. The molecular formula is C17H21N3O3S. The molecule has 2 aromatic rings. The maximum Gasteiger partial charge on any atom is 0.156 e. The van der Waals surface area contributed by atoms with Crippen LogP contribution < -0.4 is 0 Å². The minimum Gasteiger partial charge on any atom is -0.381 e. The van der Waals surface area contributed by atoms with Crippen LogP contribution in [0.5, 0.6) is 0 Å². The number of hydrogen-bond donors (Lipinski definition) is 0. The normalized spacial score (nSPS) is 21.3. The number of ether oxygens (including phenoxy) is 1. The molecule has 1 fully saturated rings. The zero-order valence-corrected chi connectivity index (χ0v) is 14.5. The van der Waals surface area contributed by atoms with Gasteiger partial charge in [-0.25, -0.2) is 18.1 Å². The molecule has 6 nitrogen and oxygen atoms in total. The van der Waals surface area contributed by atoms with Crippen LogP contribution in [0, 0.1) is 0 Å². The largest absolute Gasteiger partial charge is 0.381 e. The minimum atomic E-state index is -3.16. The molecule has 1 aromatic heterocycles. The maximum absolute atomic E-state index is 11.8. The smallest absolute Gasteiger partial charge is 0.156 e. The number of aromatic nitrogens is 3. The van der Waals surface area contributed by atoms with E-state index in [0.717, 1.165) is 31.7 Å². The van der Waals surface area contributed by atoms with Gasteiger partial charge in [0.05, 0.1) is 12.6 Å². The molecule has 0 spiro atoms. The number of sulfone groups is 1. The van der Waals surface area contributed by atoms with Gasteiger partial charge in [-0.15, -0.1) is 0 Å². The molecule has 24 heavy (non-hydrogen) atoms. The predicted octanol–water partition coefficient (Wildman–Crippen LogP) is 1.67. The second kappa shape index (κ2) is 5.97. The molecule has 1 atom stereocenters. The van der Waals surface area contributed by atoms with Crippen molar-refractivity contribution in [3.63, 3.8) is 0 Å². The van der Waals surface area contributed by atoms with Crippen LogP contribution in [-0.4, -0.2) is 42.7 Å². The first kappa shape index (κ1) is 15.8. The van der Waals surface area contributed by atoms with Gasteiger partial charge in [0, 0.05) is 18.8 Å². The first-order valence-electron chi connectivity index (χ1n) is 8.27. The highest BCUT2D eigenvalue weighted by Gasteiger charge is 2.30. The molecule has 128 valence electrons. The summed E-state index contributed by atoms with van der Waals surface area (Å²) in [7, 11) is -3.16. The van der Waals surface area contributed by atoms with Crippen molar-refractivity contribution in [2.24, 2.45) is 0 Å². The molecule has 0 amide bonds. The SMILES string of the molecule is CS(=O)(=O)Cc1nc([C@@H]2CCOC2)nn1C1Cc2ccccc2C1. The lowest BCUT2D eigenvalue weighted by Gasteiger charge is -2.12. The number of fused-ring (bicyclic) bond motifs is 1. The van der Waals surface area contributed by atoms with Gasteiger partial charge in [-0.1, -0.05) is 24.3 Å². The van der Waals surface area contributed by atoms with Crippen molar-refractivity contribution in [3.05, 3.63) is 47.0 Å². The molecule has 1 aliphatic carbocycles. The van der Waals surface area contributed by atoms with Gasteiger partial charge in [0.25, 0.3) is 0 Å². The summed E-state index contributed by atoms with van der Waals surface area (Å²) < 4.78 is 30.9. The highest BCUT2D eigenvalue weighted by Crippen LogP contribution is 2.32. The van der Waals surface area contributed by atoms with Crippen LogP contribution in [-0.2, 0) is 33.2 Å². The summed E-state index contributed by atoms with van der Waals surface area (Å²) in [6.07, 6.45) is 3.88. The molecule has 1 aromatic carbocycles. The lowest BCUT2D eigenvalue weighted by atomic mass is 10.1. The Morgan fingerprint density at radius 3 is 2.54 bits per heavy atom. The lowest BCUT2D eigenvalue weighted by molar-refractivity contribution is 0.193. The van der Waals surface area contributed by atoms with Crippen LogP contribution in [0.15, 0.2) is 24.3 Å². The summed E-state index contributed by atoms with van der Waals surface area (Å²) in [5, 5.41) is 4.70. The Hall–Kier alpha value is -1.73. The first-order valence-corrected chi connectivity index (χ1v) is 10.3. The van der Waals surface area contributed by atoms with E-state index in [4.69, 9.17) is 9.84 Å². The van der Waals surface area contributed by atoms with E-state index in [1.54, 1.807) is 0 Å². The Balaban J connectivity index is 1.68. The van der Waals surface area contributed by atoms with Crippen molar-refractivity contribution in [3.8, 4) is 0 Å². The van der Waals surface area contributed by atoms with E-state index >= 15 is 0 Å². The Labute approximate surface area is 141 Å². The molecule has 0 radical (unpaired) electrons. The standard InChI is InChI=1S/C17H21N3O3S/c1-24(21,22)11-16-18-17(14-6-7-23-10-14)19-20(16)15-8-12-4-2-3-5-13(12)9-15/h2-5,14-15H,6-11H2,1H3/t14-/m1/s1. The molecule has 2 heterocycles.